The largest absolute Gasteiger partial charge is 0.314 e. The van der Waals surface area contributed by atoms with Crippen LogP contribution in [-0.2, 0) is 13.5 Å². The minimum Gasteiger partial charge on any atom is -0.314 e. The number of nitrogens with one attached hydrogen (secondary N) is 1. The van der Waals surface area contributed by atoms with E-state index in [4.69, 9.17) is 0 Å². The molecule has 0 spiro atoms. The maximum absolute atomic E-state index is 4.36. The summed E-state index contributed by atoms with van der Waals surface area (Å²) in [7, 11) is 1.98. The summed E-state index contributed by atoms with van der Waals surface area (Å²) in [5.41, 5.74) is 0. The highest BCUT2D eigenvalue weighted by Gasteiger charge is 2.19. The van der Waals surface area contributed by atoms with Crippen molar-refractivity contribution in [2.24, 2.45) is 13.0 Å². The third-order valence-electron chi connectivity index (χ3n) is 4.32. The molecule has 1 saturated carbocycles. The zero-order chi connectivity index (χ0) is 13.5. The van der Waals surface area contributed by atoms with E-state index in [0.29, 0.717) is 6.04 Å². The van der Waals surface area contributed by atoms with Crippen molar-refractivity contribution in [2.75, 3.05) is 6.54 Å². The maximum atomic E-state index is 4.36. The topological polar surface area (TPSA) is 42.7 Å². The van der Waals surface area contributed by atoms with Crippen LogP contribution in [0.4, 0.5) is 0 Å². The van der Waals surface area contributed by atoms with Crippen LogP contribution in [0.3, 0.4) is 0 Å². The molecule has 1 aliphatic carbocycles. The molecule has 0 bridgehead atoms. The van der Waals surface area contributed by atoms with Gasteiger partial charge in [-0.1, -0.05) is 45.4 Å². The molecule has 1 fully saturated rings. The maximum Gasteiger partial charge on any atom is 0.138 e. The van der Waals surface area contributed by atoms with Crippen LogP contribution in [0.1, 0.15) is 57.7 Å². The summed E-state index contributed by atoms with van der Waals surface area (Å²) in [4.78, 5) is 4.36. The van der Waals surface area contributed by atoms with Gasteiger partial charge in [0.05, 0.1) is 0 Å². The van der Waals surface area contributed by atoms with Crippen molar-refractivity contribution in [3.05, 3.63) is 12.2 Å². The van der Waals surface area contributed by atoms with Crippen molar-refractivity contribution in [1.29, 1.82) is 0 Å². The van der Waals surface area contributed by atoms with Gasteiger partial charge in [0, 0.05) is 19.5 Å². The normalized spacial score (nSPS) is 19.3. The lowest BCUT2D eigenvalue weighted by molar-refractivity contribution is 0.348. The number of aryl methyl sites for hydroxylation is 1. The van der Waals surface area contributed by atoms with Crippen molar-refractivity contribution < 1.29 is 0 Å². The van der Waals surface area contributed by atoms with Gasteiger partial charge in [0.15, 0.2) is 0 Å². The highest BCUT2D eigenvalue weighted by molar-refractivity contribution is 4.90. The van der Waals surface area contributed by atoms with Gasteiger partial charge in [0.2, 0.25) is 0 Å². The molecule has 0 aromatic carbocycles. The van der Waals surface area contributed by atoms with Crippen LogP contribution in [-0.4, -0.2) is 27.4 Å². The first-order valence-electron chi connectivity index (χ1n) is 7.85. The minimum atomic E-state index is 0.552. The van der Waals surface area contributed by atoms with Crippen LogP contribution in [0.2, 0.25) is 0 Å². The number of rotatable bonds is 6. The average molecular weight is 264 g/mol. The summed E-state index contributed by atoms with van der Waals surface area (Å²) in [6.07, 6.45) is 12.5. The predicted molar refractivity (Wildman–Crippen MR) is 78.0 cm³/mol. The van der Waals surface area contributed by atoms with E-state index in [1.54, 1.807) is 6.33 Å². The van der Waals surface area contributed by atoms with E-state index in [1.807, 2.05) is 11.7 Å². The zero-order valence-electron chi connectivity index (χ0n) is 12.4. The number of hydrogen-bond donors (Lipinski definition) is 1. The first-order valence-corrected chi connectivity index (χ1v) is 7.85. The standard InChI is InChI=1S/C15H28N4/c1-3-16-14(11-15-17-12-18-19(15)2)10-13-8-6-4-5-7-9-13/h12-14,16H,3-11H2,1-2H3. The van der Waals surface area contributed by atoms with Crippen LogP contribution in [0, 0.1) is 5.92 Å². The second kappa shape index (κ2) is 7.63. The quantitative estimate of drug-likeness (QED) is 0.803. The van der Waals surface area contributed by atoms with Gasteiger partial charge in [0.1, 0.15) is 12.2 Å². The Morgan fingerprint density at radius 1 is 1.32 bits per heavy atom. The molecule has 4 nitrogen and oxygen atoms in total. The Morgan fingerprint density at radius 2 is 2.05 bits per heavy atom. The lowest BCUT2D eigenvalue weighted by atomic mass is 9.91. The van der Waals surface area contributed by atoms with Crippen molar-refractivity contribution >= 4 is 0 Å². The Kier molecular flexibility index (Phi) is 5.83. The third kappa shape index (κ3) is 4.60. The first-order chi connectivity index (χ1) is 9.29. The molecule has 2 rings (SSSR count). The summed E-state index contributed by atoms with van der Waals surface area (Å²) < 4.78 is 1.90. The molecule has 1 atom stereocenters. The fourth-order valence-corrected chi connectivity index (χ4v) is 3.25. The molecular formula is C15H28N4. The smallest absolute Gasteiger partial charge is 0.138 e. The Balaban J connectivity index is 1.89. The Hall–Kier alpha value is -0.900. The van der Waals surface area contributed by atoms with Crippen LogP contribution >= 0.6 is 0 Å². The number of hydrogen-bond acceptors (Lipinski definition) is 3. The zero-order valence-corrected chi connectivity index (χ0v) is 12.4. The molecule has 1 aromatic rings. The van der Waals surface area contributed by atoms with Crippen LogP contribution in [0.5, 0.6) is 0 Å². The van der Waals surface area contributed by atoms with Gasteiger partial charge >= 0.3 is 0 Å². The van der Waals surface area contributed by atoms with Gasteiger partial charge in [0.25, 0.3) is 0 Å². The molecule has 1 aromatic heterocycles. The van der Waals surface area contributed by atoms with Crippen molar-refractivity contribution in [3.8, 4) is 0 Å². The molecule has 4 heteroatoms. The summed E-state index contributed by atoms with van der Waals surface area (Å²) in [6.45, 7) is 3.23. The SMILES string of the molecule is CCNC(Cc1ncnn1C)CC1CCCCCC1. The van der Waals surface area contributed by atoms with Gasteiger partial charge in [-0.05, 0) is 18.9 Å². The second-order valence-corrected chi connectivity index (χ2v) is 5.85. The van der Waals surface area contributed by atoms with E-state index < -0.39 is 0 Å². The van der Waals surface area contributed by atoms with Gasteiger partial charge in [-0.25, -0.2) is 4.98 Å². The summed E-state index contributed by atoms with van der Waals surface area (Å²) in [5, 5.41) is 7.80. The van der Waals surface area contributed by atoms with Crippen molar-refractivity contribution in [2.45, 2.75) is 64.3 Å². The number of aromatic nitrogens is 3. The number of likely N-dealkylation sites (N-methyl/N-ethyl adjacent to an activating group) is 1. The molecule has 19 heavy (non-hydrogen) atoms. The van der Waals surface area contributed by atoms with E-state index in [0.717, 1.165) is 24.7 Å². The summed E-state index contributed by atoms with van der Waals surface area (Å²) in [5.74, 6) is 2.00. The first kappa shape index (κ1) is 14.5. The highest BCUT2D eigenvalue weighted by Crippen LogP contribution is 2.27. The molecule has 1 N–H and O–H groups in total. The third-order valence-corrected chi connectivity index (χ3v) is 4.32. The van der Waals surface area contributed by atoms with Gasteiger partial charge in [-0.15, -0.1) is 0 Å². The van der Waals surface area contributed by atoms with Gasteiger partial charge < -0.3 is 5.32 Å². The van der Waals surface area contributed by atoms with Crippen LogP contribution in [0.25, 0.3) is 0 Å². The van der Waals surface area contributed by atoms with Gasteiger partial charge in [-0.2, -0.15) is 5.10 Å². The summed E-state index contributed by atoms with van der Waals surface area (Å²) in [6, 6.07) is 0.552. The average Bonchev–Trinajstić information content (AvgIpc) is 2.66. The highest BCUT2D eigenvalue weighted by atomic mass is 15.3. The fourth-order valence-electron chi connectivity index (χ4n) is 3.25. The van der Waals surface area contributed by atoms with E-state index in [-0.39, 0.29) is 0 Å². The molecule has 1 heterocycles. The minimum absolute atomic E-state index is 0.552. The van der Waals surface area contributed by atoms with E-state index >= 15 is 0 Å². The van der Waals surface area contributed by atoms with Crippen molar-refractivity contribution in [3.63, 3.8) is 0 Å². The van der Waals surface area contributed by atoms with E-state index in [9.17, 15) is 0 Å². The van der Waals surface area contributed by atoms with Crippen molar-refractivity contribution in [1.82, 2.24) is 20.1 Å². The second-order valence-electron chi connectivity index (χ2n) is 5.85. The molecule has 0 amide bonds. The molecule has 0 radical (unpaired) electrons. The fraction of sp³-hybridized carbons (Fsp3) is 0.867. The van der Waals surface area contributed by atoms with Gasteiger partial charge in [-0.3, -0.25) is 4.68 Å². The number of nitrogens with zero attached hydrogens (tertiary/aromatic N) is 3. The molecule has 1 unspecified atom stereocenters. The lowest BCUT2D eigenvalue weighted by Crippen LogP contribution is -2.34. The Labute approximate surface area is 117 Å². The molecule has 108 valence electrons. The molecular weight excluding hydrogens is 236 g/mol. The monoisotopic (exact) mass is 264 g/mol. The molecule has 1 aliphatic rings. The van der Waals surface area contributed by atoms with E-state index in [1.165, 1.54) is 44.9 Å². The predicted octanol–water partition coefficient (Wildman–Crippen LogP) is 2.70. The van der Waals surface area contributed by atoms with E-state index in [2.05, 4.69) is 22.3 Å². The Morgan fingerprint density at radius 3 is 2.63 bits per heavy atom. The van der Waals surface area contributed by atoms with Crippen LogP contribution in [0.15, 0.2) is 6.33 Å². The molecule has 0 saturated heterocycles. The Bertz CT molecular complexity index is 353. The molecule has 0 aliphatic heterocycles. The van der Waals surface area contributed by atoms with Crippen LogP contribution < -0.4 is 5.32 Å². The summed E-state index contributed by atoms with van der Waals surface area (Å²) >= 11 is 0. The lowest BCUT2D eigenvalue weighted by Gasteiger charge is -2.23.